The zero-order valence-electron chi connectivity index (χ0n) is 12.5. The number of aliphatic carboxylic acids is 1. The molecule has 0 heterocycles. The second-order valence-corrected chi connectivity index (χ2v) is 5.10. The molecule has 0 aromatic heterocycles. The van der Waals surface area contributed by atoms with Gasteiger partial charge in [-0.15, -0.1) is 0 Å². The second kappa shape index (κ2) is 7.41. The van der Waals surface area contributed by atoms with Crippen molar-refractivity contribution < 1.29 is 14.7 Å². The van der Waals surface area contributed by atoms with Gasteiger partial charge in [-0.25, -0.2) is 4.79 Å². The molecule has 0 saturated heterocycles. The molecule has 0 saturated carbocycles. The lowest BCUT2D eigenvalue weighted by molar-refractivity contribution is -0.139. The van der Waals surface area contributed by atoms with E-state index in [0.717, 1.165) is 5.56 Å². The van der Waals surface area contributed by atoms with Crippen LogP contribution >= 0.6 is 0 Å². The molecule has 4 heteroatoms. The van der Waals surface area contributed by atoms with E-state index in [1.165, 1.54) is 11.8 Å². The van der Waals surface area contributed by atoms with Crippen molar-refractivity contribution in [1.82, 2.24) is 0 Å². The lowest BCUT2D eigenvalue weighted by atomic mass is 10.1. The Morgan fingerprint density at radius 3 is 2.09 bits per heavy atom. The summed E-state index contributed by atoms with van der Waals surface area (Å²) in [5.74, 6) is -1.21. The highest BCUT2D eigenvalue weighted by Gasteiger charge is 2.26. The number of carbonyl (C=O) groups excluding carboxylic acids is 1. The van der Waals surface area contributed by atoms with E-state index in [4.69, 9.17) is 0 Å². The predicted molar refractivity (Wildman–Crippen MR) is 85.8 cm³/mol. The molecule has 0 aliphatic heterocycles. The van der Waals surface area contributed by atoms with Crippen molar-refractivity contribution >= 4 is 17.6 Å². The molecule has 0 unspecified atom stereocenters. The number of aryl methyl sites for hydroxylation is 1. The maximum atomic E-state index is 12.5. The van der Waals surface area contributed by atoms with Crippen LogP contribution in [0.4, 0.5) is 5.69 Å². The number of hydrogen-bond donors (Lipinski definition) is 1. The minimum atomic E-state index is -1.02. The van der Waals surface area contributed by atoms with Crippen LogP contribution in [0.1, 0.15) is 18.9 Å². The molecule has 114 valence electrons. The van der Waals surface area contributed by atoms with E-state index in [2.05, 4.69) is 0 Å². The van der Waals surface area contributed by atoms with Crippen molar-refractivity contribution in [3.8, 4) is 0 Å². The highest BCUT2D eigenvalue weighted by atomic mass is 16.4. The van der Waals surface area contributed by atoms with Crippen LogP contribution in [0.3, 0.4) is 0 Å². The highest BCUT2D eigenvalue weighted by Crippen LogP contribution is 2.19. The zero-order chi connectivity index (χ0) is 15.9. The standard InChI is InChI=1S/C18H19NO3/c1-14(18(21)22)19(16-10-6-3-7-11-16)17(20)13-12-15-8-4-2-5-9-15/h2-11,14H,12-13H2,1H3,(H,21,22)/t14-/m0/s1. The third-order valence-corrected chi connectivity index (χ3v) is 3.52. The average molecular weight is 297 g/mol. The zero-order valence-corrected chi connectivity index (χ0v) is 12.5. The van der Waals surface area contributed by atoms with Gasteiger partial charge in [0.1, 0.15) is 6.04 Å². The summed E-state index contributed by atoms with van der Waals surface area (Å²) >= 11 is 0. The van der Waals surface area contributed by atoms with Gasteiger partial charge in [-0.05, 0) is 31.0 Å². The van der Waals surface area contributed by atoms with Crippen molar-refractivity contribution in [3.05, 3.63) is 66.2 Å². The molecule has 2 rings (SSSR count). The van der Waals surface area contributed by atoms with Gasteiger partial charge in [-0.3, -0.25) is 9.69 Å². The molecule has 0 radical (unpaired) electrons. The Bertz CT molecular complexity index is 625. The Morgan fingerprint density at radius 1 is 1.00 bits per heavy atom. The molecule has 1 N–H and O–H groups in total. The lowest BCUT2D eigenvalue weighted by Crippen LogP contribution is -2.43. The van der Waals surface area contributed by atoms with E-state index in [-0.39, 0.29) is 12.3 Å². The molecule has 4 nitrogen and oxygen atoms in total. The summed E-state index contributed by atoms with van der Waals surface area (Å²) < 4.78 is 0. The molecule has 1 amide bonds. The van der Waals surface area contributed by atoms with Gasteiger partial charge in [-0.1, -0.05) is 48.5 Å². The van der Waals surface area contributed by atoms with Crippen LogP contribution in [0.5, 0.6) is 0 Å². The van der Waals surface area contributed by atoms with Gasteiger partial charge in [0.15, 0.2) is 0 Å². The molecule has 2 aromatic rings. The molecule has 0 fully saturated rings. The lowest BCUT2D eigenvalue weighted by Gasteiger charge is -2.26. The van der Waals surface area contributed by atoms with Crippen LogP contribution in [-0.2, 0) is 16.0 Å². The van der Waals surface area contributed by atoms with E-state index in [1.54, 1.807) is 24.3 Å². The smallest absolute Gasteiger partial charge is 0.326 e. The number of hydrogen-bond acceptors (Lipinski definition) is 2. The SMILES string of the molecule is C[C@@H](C(=O)O)N(C(=O)CCc1ccccc1)c1ccccc1. The normalized spacial score (nSPS) is 11.7. The van der Waals surface area contributed by atoms with Gasteiger partial charge in [-0.2, -0.15) is 0 Å². The molecule has 0 aliphatic rings. The Morgan fingerprint density at radius 2 is 1.55 bits per heavy atom. The van der Waals surface area contributed by atoms with E-state index in [0.29, 0.717) is 12.1 Å². The van der Waals surface area contributed by atoms with Gasteiger partial charge in [0, 0.05) is 12.1 Å². The maximum Gasteiger partial charge on any atom is 0.326 e. The molecule has 0 bridgehead atoms. The Labute approximate surface area is 130 Å². The first-order valence-corrected chi connectivity index (χ1v) is 7.23. The van der Waals surface area contributed by atoms with Crippen LogP contribution in [-0.4, -0.2) is 23.0 Å². The average Bonchev–Trinajstić information content (AvgIpc) is 2.55. The van der Waals surface area contributed by atoms with Gasteiger partial charge < -0.3 is 5.11 Å². The highest BCUT2D eigenvalue weighted by molar-refractivity contribution is 5.99. The Balaban J connectivity index is 2.14. The summed E-state index contributed by atoms with van der Waals surface area (Å²) in [6.07, 6.45) is 0.867. The molecular formula is C18H19NO3. The number of rotatable bonds is 6. The fraction of sp³-hybridized carbons (Fsp3) is 0.222. The molecule has 0 aliphatic carbocycles. The first kappa shape index (κ1) is 15.8. The van der Waals surface area contributed by atoms with Gasteiger partial charge >= 0.3 is 5.97 Å². The summed E-state index contributed by atoms with van der Waals surface area (Å²) in [6, 6.07) is 17.7. The van der Waals surface area contributed by atoms with Crippen LogP contribution in [0.2, 0.25) is 0 Å². The first-order valence-electron chi connectivity index (χ1n) is 7.23. The fourth-order valence-corrected chi connectivity index (χ4v) is 2.30. The van der Waals surface area contributed by atoms with E-state index < -0.39 is 12.0 Å². The minimum absolute atomic E-state index is 0.190. The van der Waals surface area contributed by atoms with Gasteiger partial charge in [0.25, 0.3) is 0 Å². The van der Waals surface area contributed by atoms with Crippen molar-refractivity contribution in [2.45, 2.75) is 25.8 Å². The monoisotopic (exact) mass is 297 g/mol. The number of carboxylic acid groups (broad SMARTS) is 1. The Hall–Kier alpha value is -2.62. The van der Waals surface area contributed by atoms with Crippen molar-refractivity contribution in [1.29, 1.82) is 0 Å². The number of anilines is 1. The van der Waals surface area contributed by atoms with Crippen LogP contribution in [0.25, 0.3) is 0 Å². The number of amides is 1. The van der Waals surface area contributed by atoms with Crippen molar-refractivity contribution in [2.75, 3.05) is 4.90 Å². The summed E-state index contributed by atoms with van der Waals surface area (Å²) in [7, 11) is 0. The minimum Gasteiger partial charge on any atom is -0.480 e. The summed E-state index contributed by atoms with van der Waals surface area (Å²) in [6.45, 7) is 1.52. The first-order chi connectivity index (χ1) is 10.6. The summed E-state index contributed by atoms with van der Waals surface area (Å²) in [5, 5.41) is 9.25. The quantitative estimate of drug-likeness (QED) is 0.891. The maximum absolute atomic E-state index is 12.5. The number of benzene rings is 2. The van der Waals surface area contributed by atoms with Crippen LogP contribution < -0.4 is 4.90 Å². The van der Waals surface area contributed by atoms with Crippen molar-refractivity contribution in [3.63, 3.8) is 0 Å². The molecular weight excluding hydrogens is 278 g/mol. The second-order valence-electron chi connectivity index (χ2n) is 5.10. The fourth-order valence-electron chi connectivity index (χ4n) is 2.30. The van der Waals surface area contributed by atoms with Crippen molar-refractivity contribution in [2.24, 2.45) is 0 Å². The third kappa shape index (κ3) is 3.95. The topological polar surface area (TPSA) is 57.6 Å². The third-order valence-electron chi connectivity index (χ3n) is 3.52. The molecule has 0 spiro atoms. The Kier molecular flexibility index (Phi) is 5.31. The van der Waals surface area contributed by atoms with Gasteiger partial charge in [0.2, 0.25) is 5.91 Å². The number of nitrogens with zero attached hydrogens (tertiary/aromatic N) is 1. The van der Waals surface area contributed by atoms with E-state index >= 15 is 0 Å². The molecule has 22 heavy (non-hydrogen) atoms. The number of para-hydroxylation sites is 1. The number of carboxylic acids is 1. The molecule has 1 atom stereocenters. The van der Waals surface area contributed by atoms with E-state index in [9.17, 15) is 14.7 Å². The van der Waals surface area contributed by atoms with Crippen LogP contribution in [0.15, 0.2) is 60.7 Å². The predicted octanol–water partition coefficient (Wildman–Crippen LogP) is 3.13. The van der Waals surface area contributed by atoms with Crippen LogP contribution in [0, 0.1) is 0 Å². The molecule has 2 aromatic carbocycles. The summed E-state index contributed by atoms with van der Waals surface area (Å²) in [5.41, 5.74) is 1.67. The largest absolute Gasteiger partial charge is 0.480 e. The van der Waals surface area contributed by atoms with E-state index in [1.807, 2.05) is 36.4 Å². The van der Waals surface area contributed by atoms with Gasteiger partial charge in [0.05, 0.1) is 0 Å². The number of carbonyl (C=O) groups is 2. The summed E-state index contributed by atoms with van der Waals surface area (Å²) in [4.78, 5) is 25.2.